The van der Waals surface area contributed by atoms with Crippen molar-refractivity contribution in [1.82, 2.24) is 19.8 Å². The lowest BCUT2D eigenvalue weighted by Gasteiger charge is -2.33. The molecular formula is C17H22N4O4S. The number of piperazine rings is 1. The van der Waals surface area contributed by atoms with Crippen LogP contribution in [0.25, 0.3) is 10.2 Å². The molecule has 1 aliphatic rings. The van der Waals surface area contributed by atoms with Crippen molar-refractivity contribution in [3.05, 3.63) is 16.8 Å². The summed E-state index contributed by atoms with van der Waals surface area (Å²) in [7, 11) is 0. The molecule has 140 valence electrons. The minimum Gasteiger partial charge on any atom is -0.477 e. The van der Waals surface area contributed by atoms with Crippen LogP contribution in [0.4, 0.5) is 4.79 Å². The monoisotopic (exact) mass is 378 g/mol. The van der Waals surface area contributed by atoms with Crippen LogP contribution in [0.5, 0.6) is 5.88 Å². The SMILES string of the molecule is CCOC(=O)N1CCN(C(=O)c2sc3ncnc(OCC)c3c2C)CC1. The van der Waals surface area contributed by atoms with Gasteiger partial charge in [0.1, 0.15) is 11.2 Å². The maximum Gasteiger partial charge on any atom is 0.409 e. The fourth-order valence-electron chi connectivity index (χ4n) is 2.94. The van der Waals surface area contributed by atoms with Crippen LogP contribution in [-0.2, 0) is 4.74 Å². The number of hydrogen-bond donors (Lipinski definition) is 0. The van der Waals surface area contributed by atoms with Crippen molar-refractivity contribution in [2.75, 3.05) is 39.4 Å². The number of ether oxygens (including phenoxy) is 2. The Morgan fingerprint density at radius 1 is 1.12 bits per heavy atom. The van der Waals surface area contributed by atoms with Gasteiger partial charge in [0.25, 0.3) is 5.91 Å². The maximum atomic E-state index is 13.0. The molecule has 1 fully saturated rings. The van der Waals surface area contributed by atoms with Crippen molar-refractivity contribution in [3.8, 4) is 5.88 Å². The molecular weight excluding hydrogens is 356 g/mol. The summed E-state index contributed by atoms with van der Waals surface area (Å²) in [5.41, 5.74) is 0.840. The minimum absolute atomic E-state index is 0.0449. The summed E-state index contributed by atoms with van der Waals surface area (Å²) < 4.78 is 10.6. The zero-order valence-electron chi connectivity index (χ0n) is 15.2. The second kappa shape index (κ2) is 7.86. The number of amides is 2. The number of thiophene rings is 1. The van der Waals surface area contributed by atoms with E-state index in [4.69, 9.17) is 9.47 Å². The van der Waals surface area contributed by atoms with Crippen LogP contribution in [0.3, 0.4) is 0 Å². The van der Waals surface area contributed by atoms with E-state index in [-0.39, 0.29) is 12.0 Å². The first-order valence-corrected chi connectivity index (χ1v) is 9.46. The predicted molar refractivity (Wildman–Crippen MR) is 97.8 cm³/mol. The molecule has 1 saturated heterocycles. The fourth-order valence-corrected chi connectivity index (χ4v) is 4.05. The Balaban J connectivity index is 1.78. The fraction of sp³-hybridized carbons (Fsp3) is 0.529. The lowest BCUT2D eigenvalue weighted by Crippen LogP contribution is -2.50. The molecule has 0 atom stereocenters. The summed E-state index contributed by atoms with van der Waals surface area (Å²) in [6.45, 7) is 8.32. The number of carbonyl (C=O) groups is 2. The first-order chi connectivity index (χ1) is 12.6. The van der Waals surface area contributed by atoms with Crippen molar-refractivity contribution in [2.24, 2.45) is 0 Å². The normalized spacial score (nSPS) is 14.6. The molecule has 2 amide bonds. The first-order valence-electron chi connectivity index (χ1n) is 8.64. The average Bonchev–Trinajstić information content (AvgIpc) is 2.99. The van der Waals surface area contributed by atoms with Crippen molar-refractivity contribution in [2.45, 2.75) is 20.8 Å². The molecule has 9 heteroatoms. The second-order valence-corrected chi connectivity index (χ2v) is 6.83. The lowest BCUT2D eigenvalue weighted by atomic mass is 10.2. The van der Waals surface area contributed by atoms with E-state index in [1.165, 1.54) is 17.7 Å². The van der Waals surface area contributed by atoms with Crippen molar-refractivity contribution >= 4 is 33.6 Å². The van der Waals surface area contributed by atoms with E-state index in [0.29, 0.717) is 50.1 Å². The molecule has 0 unspecified atom stereocenters. The van der Waals surface area contributed by atoms with Gasteiger partial charge in [0, 0.05) is 26.2 Å². The van der Waals surface area contributed by atoms with Gasteiger partial charge in [-0.25, -0.2) is 14.8 Å². The van der Waals surface area contributed by atoms with Crippen LogP contribution in [-0.4, -0.2) is 71.2 Å². The Bertz CT molecular complexity index is 814. The zero-order chi connectivity index (χ0) is 18.7. The van der Waals surface area contributed by atoms with Gasteiger partial charge in [0.15, 0.2) is 0 Å². The van der Waals surface area contributed by atoms with Gasteiger partial charge in [-0.1, -0.05) is 0 Å². The molecule has 26 heavy (non-hydrogen) atoms. The van der Waals surface area contributed by atoms with Gasteiger partial charge in [0.2, 0.25) is 5.88 Å². The number of aryl methyl sites for hydroxylation is 1. The summed E-state index contributed by atoms with van der Waals surface area (Å²) in [5.74, 6) is 0.467. The standard InChI is InChI=1S/C17H22N4O4S/c1-4-24-14-12-11(3)13(26-15(12)19-10-18-14)16(22)20-6-8-21(9-7-20)17(23)25-5-2/h10H,4-9H2,1-3H3. The van der Waals surface area contributed by atoms with Gasteiger partial charge in [-0.05, 0) is 26.3 Å². The summed E-state index contributed by atoms with van der Waals surface area (Å²) in [6, 6.07) is 0. The molecule has 1 aliphatic heterocycles. The van der Waals surface area contributed by atoms with E-state index in [1.54, 1.807) is 16.7 Å². The average molecular weight is 378 g/mol. The first kappa shape index (κ1) is 18.4. The molecule has 2 aromatic heterocycles. The molecule has 8 nitrogen and oxygen atoms in total. The highest BCUT2D eigenvalue weighted by Crippen LogP contribution is 2.35. The third-order valence-electron chi connectivity index (χ3n) is 4.26. The highest BCUT2D eigenvalue weighted by molar-refractivity contribution is 7.20. The Labute approximate surface area is 155 Å². The smallest absolute Gasteiger partial charge is 0.409 e. The minimum atomic E-state index is -0.325. The molecule has 0 radical (unpaired) electrons. The number of aromatic nitrogens is 2. The van der Waals surface area contributed by atoms with E-state index in [2.05, 4.69) is 9.97 Å². The second-order valence-electron chi connectivity index (χ2n) is 5.83. The van der Waals surface area contributed by atoms with Crippen LogP contribution >= 0.6 is 11.3 Å². The van der Waals surface area contributed by atoms with Crippen molar-refractivity contribution in [3.63, 3.8) is 0 Å². The van der Waals surface area contributed by atoms with Crippen molar-refractivity contribution < 1.29 is 19.1 Å². The lowest BCUT2D eigenvalue weighted by molar-refractivity contribution is 0.0574. The Kier molecular flexibility index (Phi) is 5.55. The van der Waals surface area contributed by atoms with Crippen LogP contribution in [0.1, 0.15) is 29.1 Å². The third-order valence-corrected chi connectivity index (χ3v) is 5.45. The highest BCUT2D eigenvalue weighted by Gasteiger charge is 2.28. The molecule has 3 heterocycles. The van der Waals surface area contributed by atoms with E-state index < -0.39 is 0 Å². The summed E-state index contributed by atoms with van der Waals surface area (Å²) in [5, 5.41) is 0.799. The van der Waals surface area contributed by atoms with Gasteiger partial charge >= 0.3 is 6.09 Å². The predicted octanol–water partition coefficient (Wildman–Crippen LogP) is 2.31. The van der Waals surface area contributed by atoms with E-state index in [1.807, 2.05) is 13.8 Å². The van der Waals surface area contributed by atoms with Crippen molar-refractivity contribution in [1.29, 1.82) is 0 Å². The summed E-state index contributed by atoms with van der Waals surface area (Å²) >= 11 is 1.35. The quantitative estimate of drug-likeness (QED) is 0.812. The number of carbonyl (C=O) groups excluding carboxylic acids is 2. The van der Waals surface area contributed by atoms with Gasteiger partial charge in [0.05, 0.1) is 23.5 Å². The highest BCUT2D eigenvalue weighted by atomic mass is 32.1. The number of nitrogens with zero attached hydrogens (tertiary/aromatic N) is 4. The largest absolute Gasteiger partial charge is 0.477 e. The summed E-state index contributed by atoms with van der Waals surface area (Å²) in [4.78, 5) is 38.0. The van der Waals surface area contributed by atoms with Gasteiger partial charge in [-0.2, -0.15) is 0 Å². The molecule has 0 aliphatic carbocycles. The maximum absolute atomic E-state index is 13.0. The molecule has 0 spiro atoms. The summed E-state index contributed by atoms with van der Waals surface area (Å²) in [6.07, 6.45) is 1.13. The Morgan fingerprint density at radius 3 is 2.46 bits per heavy atom. The van der Waals surface area contributed by atoms with Crippen LogP contribution < -0.4 is 4.74 Å². The van der Waals surface area contributed by atoms with Crippen LogP contribution in [0.2, 0.25) is 0 Å². The molecule has 0 saturated carbocycles. The van der Waals surface area contributed by atoms with Crippen LogP contribution in [0, 0.1) is 6.92 Å². The third kappa shape index (κ3) is 3.44. The van der Waals surface area contributed by atoms with Gasteiger partial charge in [-0.15, -0.1) is 11.3 Å². The Hall–Kier alpha value is -2.42. The topological polar surface area (TPSA) is 84.9 Å². The van der Waals surface area contributed by atoms with E-state index in [9.17, 15) is 9.59 Å². The molecule has 0 N–H and O–H groups in total. The number of hydrogen-bond acceptors (Lipinski definition) is 7. The number of rotatable bonds is 4. The van der Waals surface area contributed by atoms with Gasteiger partial charge in [-0.3, -0.25) is 4.79 Å². The molecule has 3 rings (SSSR count). The number of fused-ring (bicyclic) bond motifs is 1. The van der Waals surface area contributed by atoms with E-state index in [0.717, 1.165) is 15.8 Å². The van der Waals surface area contributed by atoms with Gasteiger partial charge < -0.3 is 19.3 Å². The molecule has 0 aromatic carbocycles. The Morgan fingerprint density at radius 2 is 1.81 bits per heavy atom. The molecule has 0 bridgehead atoms. The van der Waals surface area contributed by atoms with E-state index >= 15 is 0 Å². The zero-order valence-corrected chi connectivity index (χ0v) is 16.0. The van der Waals surface area contributed by atoms with Crippen LogP contribution in [0.15, 0.2) is 6.33 Å². The molecule has 2 aromatic rings.